The summed E-state index contributed by atoms with van der Waals surface area (Å²) in [6.45, 7) is 10.4. The van der Waals surface area contributed by atoms with Gasteiger partial charge in [0.1, 0.15) is 23.3 Å². The van der Waals surface area contributed by atoms with Crippen molar-refractivity contribution >= 4 is 35.4 Å². The van der Waals surface area contributed by atoms with Gasteiger partial charge in [-0.15, -0.1) is 0 Å². The number of amides is 4. The second kappa shape index (κ2) is 15.0. The summed E-state index contributed by atoms with van der Waals surface area (Å²) < 4.78 is 10.8. The lowest BCUT2D eigenvalue weighted by Crippen LogP contribution is -2.47. The van der Waals surface area contributed by atoms with Gasteiger partial charge < -0.3 is 30.7 Å². The largest absolute Gasteiger partial charge is 0.444 e. The maximum atomic E-state index is 13.5. The Kier molecular flexibility index (Phi) is 11.5. The van der Waals surface area contributed by atoms with Crippen LogP contribution in [0, 0.1) is 0 Å². The zero-order valence-electron chi connectivity index (χ0n) is 26.1. The fraction of sp³-hybridized carbons (Fsp3) is 0.353. The summed E-state index contributed by atoms with van der Waals surface area (Å²) in [4.78, 5) is 52.3. The molecule has 0 aliphatic heterocycles. The molecule has 0 fully saturated rings. The number of hydrogen-bond donors (Lipinski definition) is 4. The minimum absolute atomic E-state index is 0.208. The molecule has 3 aromatic carbocycles. The smallest absolute Gasteiger partial charge is 0.408 e. The quantitative estimate of drug-likeness (QED) is 0.231. The number of para-hydroxylation sites is 2. The number of benzene rings is 3. The van der Waals surface area contributed by atoms with Gasteiger partial charge in [0.05, 0.1) is 11.4 Å². The first-order valence-corrected chi connectivity index (χ1v) is 14.5. The molecule has 234 valence electrons. The molecule has 0 bridgehead atoms. The highest BCUT2D eigenvalue weighted by molar-refractivity contribution is 6.03. The summed E-state index contributed by atoms with van der Waals surface area (Å²) in [5.74, 6) is -1.01. The molecule has 0 unspecified atom stereocenters. The van der Waals surface area contributed by atoms with Gasteiger partial charge in [-0.1, -0.05) is 72.8 Å². The van der Waals surface area contributed by atoms with E-state index in [1.165, 1.54) is 0 Å². The Labute approximate surface area is 258 Å². The third-order valence-electron chi connectivity index (χ3n) is 6.02. The first kappa shape index (κ1) is 33.6. The van der Waals surface area contributed by atoms with Gasteiger partial charge in [0.15, 0.2) is 0 Å². The molecular formula is C34H42N4O6. The van der Waals surface area contributed by atoms with Crippen LogP contribution in [0.4, 0.5) is 21.0 Å². The first-order valence-electron chi connectivity index (χ1n) is 14.5. The fourth-order valence-electron chi connectivity index (χ4n) is 4.16. The molecule has 0 radical (unpaired) electrons. The molecule has 0 saturated carbocycles. The Morgan fingerprint density at radius 1 is 0.545 bits per heavy atom. The van der Waals surface area contributed by atoms with Crippen LogP contribution in [0.15, 0.2) is 84.9 Å². The number of carbonyl (C=O) groups excluding carboxylic acids is 4. The van der Waals surface area contributed by atoms with Crippen LogP contribution in [0.5, 0.6) is 0 Å². The van der Waals surface area contributed by atoms with Crippen molar-refractivity contribution in [1.29, 1.82) is 0 Å². The maximum Gasteiger partial charge on any atom is 0.408 e. The molecular weight excluding hydrogens is 560 g/mol. The van der Waals surface area contributed by atoms with Gasteiger partial charge in [-0.2, -0.15) is 0 Å². The maximum absolute atomic E-state index is 13.5. The molecule has 0 saturated heterocycles. The van der Waals surface area contributed by atoms with Crippen LogP contribution in [-0.2, 0) is 31.9 Å². The molecule has 0 aromatic heterocycles. The van der Waals surface area contributed by atoms with E-state index in [1.54, 1.807) is 65.8 Å². The van der Waals surface area contributed by atoms with E-state index < -0.39 is 47.3 Å². The van der Waals surface area contributed by atoms with Gasteiger partial charge in [-0.05, 0) is 64.8 Å². The van der Waals surface area contributed by atoms with E-state index >= 15 is 0 Å². The van der Waals surface area contributed by atoms with Crippen LogP contribution in [0.3, 0.4) is 0 Å². The average molecular weight is 603 g/mol. The highest BCUT2D eigenvalue weighted by atomic mass is 16.6. The monoisotopic (exact) mass is 602 g/mol. The standard InChI is InChI=1S/C34H42N4O6/c1-33(2,3)43-31(41)37-27(21-23-15-9-7-10-16-23)29(39)35-25-19-13-14-20-26(25)36-30(40)28(22-24-17-11-8-12-18-24)38-32(42)44-34(4,5)6/h7-20,27-28H,21-22H2,1-6H3,(H,35,39)(H,36,40)(H,37,41)(H,38,42)/t27-,28-/m0/s1. The highest BCUT2D eigenvalue weighted by Gasteiger charge is 2.28. The SMILES string of the molecule is CC(C)(C)OC(=O)N[C@@H](Cc1ccccc1)C(=O)Nc1ccccc1NC(=O)[C@H](Cc1ccccc1)NC(=O)OC(C)(C)C. The van der Waals surface area contributed by atoms with Crippen molar-refractivity contribution in [2.24, 2.45) is 0 Å². The number of alkyl carbamates (subject to hydrolysis) is 2. The van der Waals surface area contributed by atoms with Crippen molar-refractivity contribution < 1.29 is 28.7 Å². The third kappa shape index (κ3) is 11.8. The fourth-order valence-corrected chi connectivity index (χ4v) is 4.16. The predicted molar refractivity (Wildman–Crippen MR) is 170 cm³/mol. The minimum Gasteiger partial charge on any atom is -0.444 e. The summed E-state index contributed by atoms with van der Waals surface area (Å²) in [5, 5.41) is 11.0. The zero-order valence-corrected chi connectivity index (χ0v) is 26.1. The summed E-state index contributed by atoms with van der Waals surface area (Å²) >= 11 is 0. The molecule has 3 aromatic rings. The van der Waals surface area contributed by atoms with Crippen molar-refractivity contribution in [3.8, 4) is 0 Å². The number of rotatable bonds is 10. The molecule has 0 aliphatic carbocycles. The molecule has 3 rings (SSSR count). The lowest BCUT2D eigenvalue weighted by atomic mass is 10.0. The van der Waals surface area contributed by atoms with Gasteiger partial charge in [-0.3, -0.25) is 9.59 Å². The number of hydrogen-bond acceptors (Lipinski definition) is 6. The van der Waals surface area contributed by atoms with Gasteiger partial charge in [0, 0.05) is 12.8 Å². The number of nitrogens with one attached hydrogen (secondary N) is 4. The van der Waals surface area contributed by atoms with Crippen LogP contribution < -0.4 is 21.3 Å². The van der Waals surface area contributed by atoms with Crippen LogP contribution in [0.2, 0.25) is 0 Å². The molecule has 0 heterocycles. The van der Waals surface area contributed by atoms with Crippen LogP contribution in [0.1, 0.15) is 52.7 Å². The molecule has 0 spiro atoms. The van der Waals surface area contributed by atoms with Crippen molar-refractivity contribution in [1.82, 2.24) is 10.6 Å². The van der Waals surface area contributed by atoms with E-state index in [0.29, 0.717) is 11.4 Å². The summed E-state index contributed by atoms with van der Waals surface area (Å²) in [6, 6.07) is 23.3. The normalized spacial score (nSPS) is 12.7. The second-order valence-electron chi connectivity index (χ2n) is 12.3. The van der Waals surface area contributed by atoms with Gasteiger partial charge in [0.2, 0.25) is 11.8 Å². The Morgan fingerprint density at radius 3 is 1.18 bits per heavy atom. The van der Waals surface area contributed by atoms with E-state index in [9.17, 15) is 19.2 Å². The number of ether oxygens (including phenoxy) is 2. The topological polar surface area (TPSA) is 135 Å². The van der Waals surface area contributed by atoms with Crippen molar-refractivity contribution in [2.75, 3.05) is 10.6 Å². The van der Waals surface area contributed by atoms with Gasteiger partial charge in [0.25, 0.3) is 0 Å². The number of anilines is 2. The molecule has 10 heteroatoms. The third-order valence-corrected chi connectivity index (χ3v) is 6.02. The molecule has 4 amide bonds. The van der Waals surface area contributed by atoms with E-state index in [-0.39, 0.29) is 12.8 Å². The Hall–Kier alpha value is -4.86. The second-order valence-corrected chi connectivity index (χ2v) is 12.3. The average Bonchev–Trinajstić information content (AvgIpc) is 2.92. The highest BCUT2D eigenvalue weighted by Crippen LogP contribution is 2.22. The molecule has 10 nitrogen and oxygen atoms in total. The minimum atomic E-state index is -0.976. The lowest BCUT2D eigenvalue weighted by Gasteiger charge is -2.25. The Bertz CT molecular complexity index is 1310. The summed E-state index contributed by atoms with van der Waals surface area (Å²) in [7, 11) is 0. The van der Waals surface area contributed by atoms with E-state index in [2.05, 4.69) is 21.3 Å². The van der Waals surface area contributed by atoms with Crippen molar-refractivity contribution in [3.63, 3.8) is 0 Å². The predicted octanol–water partition coefficient (Wildman–Crippen LogP) is 5.84. The Balaban J connectivity index is 1.81. The number of carbonyl (C=O) groups is 4. The first-order chi connectivity index (χ1) is 20.7. The lowest BCUT2D eigenvalue weighted by molar-refractivity contribution is -0.119. The van der Waals surface area contributed by atoms with E-state index in [4.69, 9.17) is 9.47 Å². The molecule has 2 atom stereocenters. The molecule has 4 N–H and O–H groups in total. The van der Waals surface area contributed by atoms with Crippen molar-refractivity contribution in [3.05, 3.63) is 96.1 Å². The zero-order chi connectivity index (χ0) is 32.3. The summed E-state index contributed by atoms with van der Waals surface area (Å²) in [5.41, 5.74) is 0.789. The summed E-state index contributed by atoms with van der Waals surface area (Å²) in [6.07, 6.45) is -1.04. The van der Waals surface area contributed by atoms with Crippen LogP contribution in [0.25, 0.3) is 0 Å². The van der Waals surface area contributed by atoms with Gasteiger partial charge >= 0.3 is 12.2 Å². The molecule has 0 aliphatic rings. The van der Waals surface area contributed by atoms with E-state index in [0.717, 1.165) is 11.1 Å². The van der Waals surface area contributed by atoms with E-state index in [1.807, 2.05) is 60.7 Å². The van der Waals surface area contributed by atoms with Crippen LogP contribution >= 0.6 is 0 Å². The Morgan fingerprint density at radius 2 is 0.864 bits per heavy atom. The van der Waals surface area contributed by atoms with Gasteiger partial charge in [-0.25, -0.2) is 9.59 Å². The molecule has 44 heavy (non-hydrogen) atoms. The van der Waals surface area contributed by atoms with Crippen LogP contribution in [-0.4, -0.2) is 47.3 Å². The van der Waals surface area contributed by atoms with Crippen molar-refractivity contribution in [2.45, 2.75) is 77.7 Å².